The van der Waals surface area contributed by atoms with E-state index in [4.69, 9.17) is 5.73 Å². The predicted octanol–water partition coefficient (Wildman–Crippen LogP) is 2.30. The first-order chi connectivity index (χ1) is 8.63. The Kier molecular flexibility index (Phi) is 10.3. The van der Waals surface area contributed by atoms with Gasteiger partial charge in [0, 0.05) is 12.5 Å². The first kappa shape index (κ1) is 16.9. The average Bonchev–Trinajstić information content (AvgIpc) is 2.38. The van der Waals surface area contributed by atoms with Crippen LogP contribution in [0.15, 0.2) is 30.3 Å². The first-order valence-corrected chi connectivity index (χ1v) is 5.96. The number of hydrogen-bond acceptors (Lipinski definition) is 4. The molecule has 0 saturated carbocycles. The van der Waals surface area contributed by atoms with Gasteiger partial charge in [-0.25, -0.2) is 0 Å². The van der Waals surface area contributed by atoms with Gasteiger partial charge in [-0.3, -0.25) is 9.08 Å². The van der Waals surface area contributed by atoms with E-state index < -0.39 is 0 Å². The molecule has 1 unspecified atom stereocenters. The number of carbonyl (C=O) groups is 1. The quantitative estimate of drug-likeness (QED) is 0.836. The summed E-state index contributed by atoms with van der Waals surface area (Å²) in [7, 11) is 2.78. The van der Waals surface area contributed by atoms with Gasteiger partial charge in [-0.15, -0.1) is 0 Å². The molecule has 0 heterocycles. The molecule has 1 atom stereocenters. The number of rotatable bonds is 5. The van der Waals surface area contributed by atoms with E-state index in [1.807, 2.05) is 30.3 Å². The molecule has 1 aromatic carbocycles. The lowest BCUT2D eigenvalue weighted by Crippen LogP contribution is -2.24. The van der Waals surface area contributed by atoms with Crippen LogP contribution in [0, 0.1) is 0 Å². The Bertz CT molecular complexity index is 319. The number of methoxy groups -OCH3 is 1. The van der Waals surface area contributed by atoms with Crippen LogP contribution in [0.3, 0.4) is 0 Å². The van der Waals surface area contributed by atoms with Gasteiger partial charge < -0.3 is 10.5 Å². The maximum absolute atomic E-state index is 10.9. The number of carbonyl (C=O) groups excluding carboxylic acids is 1. The zero-order chi connectivity index (χ0) is 13.8. The SMILES string of the molecule is COC(=O)CCC(N)Cc1ccccc1.COCl. The predicted molar refractivity (Wildman–Crippen MR) is 72.2 cm³/mol. The molecule has 0 spiro atoms. The van der Waals surface area contributed by atoms with Crippen LogP contribution in [-0.4, -0.2) is 26.2 Å². The van der Waals surface area contributed by atoms with Crippen molar-refractivity contribution >= 4 is 17.8 Å². The third-order valence-electron chi connectivity index (χ3n) is 2.29. The number of benzene rings is 1. The second-order valence-electron chi connectivity index (χ2n) is 3.72. The van der Waals surface area contributed by atoms with Crippen LogP contribution in [0.2, 0.25) is 0 Å². The average molecular weight is 274 g/mol. The van der Waals surface area contributed by atoms with Gasteiger partial charge in [-0.05, 0) is 18.4 Å². The molecule has 0 radical (unpaired) electrons. The maximum Gasteiger partial charge on any atom is 0.305 e. The summed E-state index contributed by atoms with van der Waals surface area (Å²) in [6.45, 7) is 0. The van der Waals surface area contributed by atoms with E-state index in [-0.39, 0.29) is 12.0 Å². The summed E-state index contributed by atoms with van der Waals surface area (Å²) in [6.07, 6.45) is 1.86. The molecule has 0 aliphatic heterocycles. The molecule has 0 saturated heterocycles. The minimum Gasteiger partial charge on any atom is -0.469 e. The van der Waals surface area contributed by atoms with E-state index >= 15 is 0 Å². The zero-order valence-corrected chi connectivity index (χ0v) is 11.5. The van der Waals surface area contributed by atoms with E-state index in [1.54, 1.807) is 0 Å². The van der Waals surface area contributed by atoms with Gasteiger partial charge in [-0.2, -0.15) is 0 Å². The molecule has 0 bridgehead atoms. The number of ether oxygens (including phenoxy) is 1. The number of esters is 1. The zero-order valence-electron chi connectivity index (χ0n) is 10.8. The van der Waals surface area contributed by atoms with Crippen molar-refractivity contribution in [3.63, 3.8) is 0 Å². The molecular weight excluding hydrogens is 254 g/mol. The van der Waals surface area contributed by atoms with Gasteiger partial charge in [-0.1, -0.05) is 30.3 Å². The van der Waals surface area contributed by atoms with E-state index in [0.29, 0.717) is 12.8 Å². The summed E-state index contributed by atoms with van der Waals surface area (Å²) in [5.41, 5.74) is 7.10. The van der Waals surface area contributed by atoms with Gasteiger partial charge >= 0.3 is 5.97 Å². The minimum absolute atomic E-state index is 0.0199. The van der Waals surface area contributed by atoms with E-state index in [0.717, 1.165) is 6.42 Å². The molecule has 0 fully saturated rings. The Balaban J connectivity index is 0.000000873. The molecule has 5 heteroatoms. The summed E-state index contributed by atoms with van der Waals surface area (Å²) < 4.78 is 8.28. The Hall–Kier alpha value is -1.10. The van der Waals surface area contributed by atoms with Crippen LogP contribution >= 0.6 is 11.9 Å². The van der Waals surface area contributed by atoms with Crippen molar-refractivity contribution in [3.05, 3.63) is 35.9 Å². The Morgan fingerprint density at radius 1 is 1.33 bits per heavy atom. The normalized spacial score (nSPS) is 11.1. The fraction of sp³-hybridized carbons (Fsp3) is 0.462. The van der Waals surface area contributed by atoms with E-state index in [2.05, 4.69) is 20.9 Å². The van der Waals surface area contributed by atoms with Gasteiger partial charge in [0.05, 0.1) is 26.1 Å². The third-order valence-corrected chi connectivity index (χ3v) is 2.29. The van der Waals surface area contributed by atoms with Gasteiger partial charge in [0.25, 0.3) is 0 Å². The van der Waals surface area contributed by atoms with Crippen molar-refractivity contribution in [2.24, 2.45) is 5.73 Å². The Morgan fingerprint density at radius 2 is 1.89 bits per heavy atom. The fourth-order valence-electron chi connectivity index (χ4n) is 1.42. The molecule has 102 valence electrons. The summed E-state index contributed by atoms with van der Waals surface area (Å²) in [6, 6.07) is 10.1. The molecule has 2 N–H and O–H groups in total. The monoisotopic (exact) mass is 273 g/mol. The highest BCUT2D eigenvalue weighted by Crippen LogP contribution is 2.06. The van der Waals surface area contributed by atoms with Crippen LogP contribution in [0.5, 0.6) is 0 Å². The van der Waals surface area contributed by atoms with Crippen LogP contribution < -0.4 is 5.73 Å². The van der Waals surface area contributed by atoms with Crippen molar-refractivity contribution in [1.82, 2.24) is 0 Å². The Labute approximate surface area is 113 Å². The molecule has 0 aromatic heterocycles. The molecule has 0 aliphatic carbocycles. The van der Waals surface area contributed by atoms with Gasteiger partial charge in [0.1, 0.15) is 0 Å². The molecule has 1 aromatic rings. The van der Waals surface area contributed by atoms with E-state index in [9.17, 15) is 4.79 Å². The van der Waals surface area contributed by atoms with Crippen LogP contribution in [0.4, 0.5) is 0 Å². The summed E-state index contributed by atoms with van der Waals surface area (Å²) in [5.74, 6) is -0.196. The van der Waals surface area contributed by atoms with Crippen LogP contribution in [0.25, 0.3) is 0 Å². The largest absolute Gasteiger partial charge is 0.469 e. The molecular formula is C13H20ClNO3. The highest BCUT2D eigenvalue weighted by molar-refractivity contribution is 6.07. The lowest BCUT2D eigenvalue weighted by molar-refractivity contribution is -0.140. The van der Waals surface area contributed by atoms with Crippen molar-refractivity contribution in [2.45, 2.75) is 25.3 Å². The molecule has 0 amide bonds. The van der Waals surface area contributed by atoms with Crippen LogP contribution in [0.1, 0.15) is 18.4 Å². The Morgan fingerprint density at radius 3 is 2.39 bits per heavy atom. The maximum atomic E-state index is 10.9. The van der Waals surface area contributed by atoms with Gasteiger partial charge in [0.2, 0.25) is 0 Å². The topological polar surface area (TPSA) is 61.5 Å². The lowest BCUT2D eigenvalue weighted by atomic mass is 10.0. The van der Waals surface area contributed by atoms with Crippen molar-refractivity contribution < 1.29 is 13.8 Å². The highest BCUT2D eigenvalue weighted by atomic mass is 35.5. The standard InChI is InChI=1S/C12H17NO2.CH3ClO/c1-15-12(14)8-7-11(13)9-10-5-3-2-4-6-10;1-3-2/h2-6,11H,7-9,13H2,1H3;1H3. The van der Waals surface area contributed by atoms with Crippen molar-refractivity contribution in [1.29, 1.82) is 0 Å². The number of nitrogens with two attached hydrogens (primary N) is 1. The lowest BCUT2D eigenvalue weighted by Gasteiger charge is -2.10. The van der Waals surface area contributed by atoms with Crippen molar-refractivity contribution in [2.75, 3.05) is 14.2 Å². The summed E-state index contributed by atoms with van der Waals surface area (Å²) >= 11 is 4.50. The third kappa shape index (κ3) is 8.98. The minimum atomic E-state index is -0.196. The second kappa shape index (κ2) is 11.0. The van der Waals surface area contributed by atoms with Crippen LogP contribution in [-0.2, 0) is 20.2 Å². The van der Waals surface area contributed by atoms with Crippen molar-refractivity contribution in [3.8, 4) is 0 Å². The summed E-state index contributed by atoms with van der Waals surface area (Å²) in [5, 5.41) is 0. The molecule has 0 aliphatic rings. The molecule has 18 heavy (non-hydrogen) atoms. The number of hydrogen-bond donors (Lipinski definition) is 1. The molecule has 4 nitrogen and oxygen atoms in total. The smallest absolute Gasteiger partial charge is 0.305 e. The fourth-order valence-corrected chi connectivity index (χ4v) is 1.42. The first-order valence-electron chi connectivity index (χ1n) is 5.65. The second-order valence-corrected chi connectivity index (χ2v) is 4.03. The summed E-state index contributed by atoms with van der Waals surface area (Å²) in [4.78, 5) is 10.9. The molecule has 1 rings (SSSR count). The van der Waals surface area contributed by atoms with Gasteiger partial charge in [0.15, 0.2) is 0 Å². The van der Waals surface area contributed by atoms with E-state index in [1.165, 1.54) is 19.8 Å². The number of halogens is 1. The highest BCUT2D eigenvalue weighted by Gasteiger charge is 2.07.